The summed E-state index contributed by atoms with van der Waals surface area (Å²) < 4.78 is 0. The van der Waals surface area contributed by atoms with Gasteiger partial charge in [-0.05, 0) is 24.1 Å². The normalized spacial score (nSPS) is 10.9. The van der Waals surface area contributed by atoms with Gasteiger partial charge >= 0.3 is 0 Å². The molecule has 0 unspecified atom stereocenters. The topological polar surface area (TPSA) is 62.2 Å². The van der Waals surface area contributed by atoms with Crippen LogP contribution in [0.3, 0.4) is 0 Å². The van der Waals surface area contributed by atoms with Crippen molar-refractivity contribution in [2.75, 3.05) is 0 Å². The van der Waals surface area contributed by atoms with Crippen molar-refractivity contribution in [1.82, 2.24) is 10.3 Å². The fraction of sp³-hybridized carbons (Fsp3) is 0.200. The zero-order valence-electron chi connectivity index (χ0n) is 11.2. The Bertz CT molecular complexity index is 620. The molecule has 0 radical (unpaired) electrons. The highest BCUT2D eigenvalue weighted by Crippen LogP contribution is 2.09. The smallest absolute Gasteiger partial charge is 0.244 e. The number of nitrogens with zero attached hydrogens (tertiary/aromatic N) is 1. The molecule has 0 saturated heterocycles. The zero-order valence-corrected chi connectivity index (χ0v) is 12.0. The SMILES string of the molecule is Cc1nc(C=CC(=O)NCc2cccc(CO)c2)cs1. The molecule has 1 aromatic heterocycles. The number of thiazole rings is 1. The van der Waals surface area contributed by atoms with E-state index in [9.17, 15) is 4.79 Å². The first-order chi connectivity index (χ1) is 9.67. The maximum absolute atomic E-state index is 11.7. The molecule has 2 aromatic rings. The molecule has 104 valence electrons. The van der Waals surface area contributed by atoms with Gasteiger partial charge in [0.1, 0.15) is 0 Å². The van der Waals surface area contributed by atoms with Gasteiger partial charge in [0.25, 0.3) is 0 Å². The van der Waals surface area contributed by atoms with E-state index in [2.05, 4.69) is 10.3 Å². The fourth-order valence-corrected chi connectivity index (χ4v) is 2.28. The van der Waals surface area contributed by atoms with Gasteiger partial charge in [-0.1, -0.05) is 24.3 Å². The van der Waals surface area contributed by atoms with Gasteiger partial charge in [0.05, 0.1) is 17.3 Å². The van der Waals surface area contributed by atoms with E-state index in [0.29, 0.717) is 6.54 Å². The number of aliphatic hydroxyl groups is 1. The highest BCUT2D eigenvalue weighted by molar-refractivity contribution is 7.09. The van der Waals surface area contributed by atoms with Crippen LogP contribution in [0.5, 0.6) is 0 Å². The number of hydrogen-bond acceptors (Lipinski definition) is 4. The quantitative estimate of drug-likeness (QED) is 0.830. The number of nitrogens with one attached hydrogen (secondary N) is 1. The molecule has 0 atom stereocenters. The number of aliphatic hydroxyl groups excluding tert-OH is 1. The molecule has 20 heavy (non-hydrogen) atoms. The number of carbonyl (C=O) groups excluding carboxylic acids is 1. The lowest BCUT2D eigenvalue weighted by Gasteiger charge is -2.04. The Morgan fingerprint density at radius 3 is 2.95 bits per heavy atom. The fourth-order valence-electron chi connectivity index (χ4n) is 1.70. The Morgan fingerprint density at radius 2 is 2.25 bits per heavy atom. The van der Waals surface area contributed by atoms with Crippen LogP contribution < -0.4 is 5.32 Å². The van der Waals surface area contributed by atoms with Crippen molar-refractivity contribution in [1.29, 1.82) is 0 Å². The van der Waals surface area contributed by atoms with E-state index in [1.165, 1.54) is 6.08 Å². The van der Waals surface area contributed by atoms with E-state index < -0.39 is 0 Å². The second-order valence-corrected chi connectivity index (χ2v) is 5.38. The Hall–Kier alpha value is -1.98. The van der Waals surface area contributed by atoms with E-state index in [-0.39, 0.29) is 12.5 Å². The summed E-state index contributed by atoms with van der Waals surface area (Å²) in [6.45, 7) is 2.37. The van der Waals surface area contributed by atoms with Gasteiger partial charge in [-0.3, -0.25) is 4.79 Å². The van der Waals surface area contributed by atoms with Crippen LogP contribution in [-0.2, 0) is 17.9 Å². The van der Waals surface area contributed by atoms with Crippen molar-refractivity contribution in [3.05, 3.63) is 57.6 Å². The second kappa shape index (κ2) is 6.98. The van der Waals surface area contributed by atoms with Crippen LogP contribution in [0.25, 0.3) is 6.08 Å². The highest BCUT2D eigenvalue weighted by Gasteiger charge is 1.99. The molecule has 0 aliphatic carbocycles. The molecule has 0 aliphatic heterocycles. The number of hydrogen-bond donors (Lipinski definition) is 2. The van der Waals surface area contributed by atoms with Crippen LogP contribution >= 0.6 is 11.3 Å². The maximum Gasteiger partial charge on any atom is 0.244 e. The van der Waals surface area contributed by atoms with Crippen molar-refractivity contribution in [2.24, 2.45) is 0 Å². The van der Waals surface area contributed by atoms with E-state index in [1.807, 2.05) is 36.6 Å². The standard InChI is InChI=1S/C15H16N2O2S/c1-11-17-14(10-20-11)5-6-15(19)16-8-12-3-2-4-13(7-12)9-18/h2-7,10,18H,8-9H2,1H3,(H,16,19). The van der Waals surface area contributed by atoms with Crippen molar-refractivity contribution in [2.45, 2.75) is 20.1 Å². The van der Waals surface area contributed by atoms with E-state index in [1.54, 1.807) is 17.4 Å². The molecular formula is C15H16N2O2S. The number of aromatic nitrogens is 1. The lowest BCUT2D eigenvalue weighted by molar-refractivity contribution is -0.116. The summed E-state index contributed by atoms with van der Waals surface area (Å²) >= 11 is 1.55. The third-order valence-corrected chi connectivity index (χ3v) is 3.47. The van der Waals surface area contributed by atoms with Crippen molar-refractivity contribution >= 4 is 23.3 Å². The van der Waals surface area contributed by atoms with Crippen molar-refractivity contribution < 1.29 is 9.90 Å². The minimum absolute atomic E-state index is 0.00483. The monoisotopic (exact) mass is 288 g/mol. The van der Waals surface area contributed by atoms with Gasteiger partial charge < -0.3 is 10.4 Å². The van der Waals surface area contributed by atoms with Crippen molar-refractivity contribution in [3.63, 3.8) is 0 Å². The van der Waals surface area contributed by atoms with Gasteiger partial charge in [-0.25, -0.2) is 4.98 Å². The number of amides is 1. The Balaban J connectivity index is 1.87. The van der Waals surface area contributed by atoms with Gasteiger partial charge in [-0.2, -0.15) is 0 Å². The number of benzene rings is 1. The molecule has 0 fully saturated rings. The first-order valence-electron chi connectivity index (χ1n) is 6.24. The third-order valence-electron chi connectivity index (χ3n) is 2.68. The number of carbonyl (C=O) groups is 1. The molecule has 2 N–H and O–H groups in total. The Morgan fingerprint density at radius 1 is 1.45 bits per heavy atom. The molecule has 5 heteroatoms. The van der Waals surface area contributed by atoms with Crippen LogP contribution in [-0.4, -0.2) is 16.0 Å². The largest absolute Gasteiger partial charge is 0.392 e. The van der Waals surface area contributed by atoms with E-state index >= 15 is 0 Å². The predicted molar refractivity (Wildman–Crippen MR) is 80.1 cm³/mol. The molecule has 0 bridgehead atoms. The van der Waals surface area contributed by atoms with Crippen LogP contribution in [0.2, 0.25) is 0 Å². The molecule has 1 amide bonds. The predicted octanol–water partition coefficient (Wildman–Crippen LogP) is 2.27. The summed E-state index contributed by atoms with van der Waals surface area (Å²) in [7, 11) is 0. The molecule has 1 heterocycles. The Kier molecular flexibility index (Phi) is 5.03. The van der Waals surface area contributed by atoms with E-state index in [0.717, 1.165) is 21.8 Å². The van der Waals surface area contributed by atoms with Gasteiger partial charge in [0.2, 0.25) is 5.91 Å². The van der Waals surface area contributed by atoms with Crippen LogP contribution in [0.15, 0.2) is 35.7 Å². The summed E-state index contributed by atoms with van der Waals surface area (Å²) in [5.41, 5.74) is 2.60. The molecule has 0 aliphatic rings. The molecular weight excluding hydrogens is 272 g/mol. The van der Waals surface area contributed by atoms with Gasteiger partial charge in [0.15, 0.2) is 0 Å². The number of rotatable bonds is 5. The summed E-state index contributed by atoms with van der Waals surface area (Å²) in [5.74, 6) is -0.162. The minimum Gasteiger partial charge on any atom is -0.392 e. The van der Waals surface area contributed by atoms with E-state index in [4.69, 9.17) is 5.11 Å². The molecule has 0 spiro atoms. The molecule has 1 aromatic carbocycles. The molecule has 2 rings (SSSR count). The van der Waals surface area contributed by atoms with Gasteiger partial charge in [0, 0.05) is 18.0 Å². The van der Waals surface area contributed by atoms with Gasteiger partial charge in [-0.15, -0.1) is 11.3 Å². The lowest BCUT2D eigenvalue weighted by atomic mass is 10.1. The maximum atomic E-state index is 11.7. The van der Waals surface area contributed by atoms with Crippen LogP contribution in [0, 0.1) is 6.92 Å². The average molecular weight is 288 g/mol. The average Bonchev–Trinajstić information content (AvgIpc) is 2.89. The van der Waals surface area contributed by atoms with Crippen LogP contribution in [0.4, 0.5) is 0 Å². The van der Waals surface area contributed by atoms with Crippen molar-refractivity contribution in [3.8, 4) is 0 Å². The lowest BCUT2D eigenvalue weighted by Crippen LogP contribution is -2.20. The second-order valence-electron chi connectivity index (χ2n) is 4.32. The summed E-state index contributed by atoms with van der Waals surface area (Å²) in [6.07, 6.45) is 3.17. The number of aryl methyl sites for hydroxylation is 1. The summed E-state index contributed by atoms with van der Waals surface area (Å²) in [6, 6.07) is 7.48. The molecule has 4 nitrogen and oxygen atoms in total. The van der Waals surface area contributed by atoms with Crippen LogP contribution in [0.1, 0.15) is 21.8 Å². The minimum atomic E-state index is -0.162. The highest BCUT2D eigenvalue weighted by atomic mass is 32.1. The third kappa shape index (κ3) is 4.29. The molecule has 0 saturated carbocycles. The summed E-state index contributed by atoms with van der Waals surface area (Å²) in [4.78, 5) is 15.9. The first kappa shape index (κ1) is 14.4. The first-order valence-corrected chi connectivity index (χ1v) is 7.12. The zero-order chi connectivity index (χ0) is 14.4. The summed E-state index contributed by atoms with van der Waals surface area (Å²) in [5, 5.41) is 14.7. The Labute approximate surface area is 121 Å².